The third-order valence-corrected chi connectivity index (χ3v) is 3.79. The molecule has 22 heavy (non-hydrogen) atoms. The summed E-state index contributed by atoms with van der Waals surface area (Å²) >= 11 is 6.23. The number of carbonyl (C=O) groups is 1. The van der Waals surface area contributed by atoms with Gasteiger partial charge in [-0.05, 0) is 6.07 Å². The monoisotopic (exact) mass is 318 g/mol. The molecule has 0 aliphatic carbocycles. The molecule has 0 spiro atoms. The highest BCUT2D eigenvalue weighted by Crippen LogP contribution is 2.29. The molecule has 7 heteroatoms. The molecule has 0 atom stereocenters. The summed E-state index contributed by atoms with van der Waals surface area (Å²) in [6.45, 7) is 2.16. The lowest BCUT2D eigenvalue weighted by atomic mass is 10.1. The van der Waals surface area contributed by atoms with E-state index in [4.69, 9.17) is 22.1 Å². The third-order valence-electron chi connectivity index (χ3n) is 3.47. The van der Waals surface area contributed by atoms with Crippen LogP contribution in [0.4, 0.5) is 5.95 Å². The average Bonchev–Trinajstić information content (AvgIpc) is 2.55. The van der Waals surface area contributed by atoms with Crippen LogP contribution in [0.15, 0.2) is 30.5 Å². The maximum absolute atomic E-state index is 12.7. The van der Waals surface area contributed by atoms with Gasteiger partial charge in [0.1, 0.15) is 0 Å². The Labute approximate surface area is 132 Å². The number of morpholine rings is 1. The Morgan fingerprint density at radius 2 is 2.00 bits per heavy atom. The molecule has 2 aromatic rings. The number of carbonyl (C=O) groups excluding carboxylic acids is 1. The molecule has 1 amide bonds. The second-order valence-electron chi connectivity index (χ2n) is 4.87. The molecule has 0 saturated carbocycles. The first-order valence-electron chi connectivity index (χ1n) is 6.91. The van der Waals surface area contributed by atoms with Crippen molar-refractivity contribution in [1.29, 1.82) is 0 Å². The summed E-state index contributed by atoms with van der Waals surface area (Å²) in [4.78, 5) is 22.6. The number of benzene rings is 1. The van der Waals surface area contributed by atoms with E-state index in [1.165, 1.54) is 6.20 Å². The van der Waals surface area contributed by atoms with Crippen LogP contribution in [0.3, 0.4) is 0 Å². The number of nitrogen functional groups attached to an aromatic ring is 1. The zero-order valence-corrected chi connectivity index (χ0v) is 12.6. The van der Waals surface area contributed by atoms with Gasteiger partial charge in [-0.15, -0.1) is 0 Å². The Kier molecular flexibility index (Phi) is 4.22. The molecule has 1 saturated heterocycles. The molecule has 2 N–H and O–H groups in total. The van der Waals surface area contributed by atoms with E-state index in [1.54, 1.807) is 17.0 Å². The number of amides is 1. The van der Waals surface area contributed by atoms with Crippen LogP contribution >= 0.6 is 11.6 Å². The zero-order chi connectivity index (χ0) is 15.5. The molecule has 1 aliphatic rings. The van der Waals surface area contributed by atoms with E-state index in [9.17, 15) is 4.79 Å². The van der Waals surface area contributed by atoms with Crippen LogP contribution in [-0.4, -0.2) is 47.1 Å². The van der Waals surface area contributed by atoms with Crippen LogP contribution in [-0.2, 0) is 4.74 Å². The summed E-state index contributed by atoms with van der Waals surface area (Å²) in [7, 11) is 0. The van der Waals surface area contributed by atoms with Crippen molar-refractivity contribution in [2.45, 2.75) is 0 Å². The number of anilines is 1. The van der Waals surface area contributed by atoms with Gasteiger partial charge in [0.05, 0.1) is 24.5 Å². The lowest BCUT2D eigenvalue weighted by Crippen LogP contribution is -2.41. The summed E-state index contributed by atoms with van der Waals surface area (Å²) < 4.78 is 5.27. The Morgan fingerprint density at radius 3 is 2.73 bits per heavy atom. The molecule has 1 aromatic heterocycles. The van der Waals surface area contributed by atoms with E-state index >= 15 is 0 Å². The molecule has 0 radical (unpaired) electrons. The van der Waals surface area contributed by atoms with Crippen LogP contribution in [0.5, 0.6) is 0 Å². The minimum absolute atomic E-state index is 0.105. The number of rotatable bonds is 2. The van der Waals surface area contributed by atoms with Gasteiger partial charge in [0.2, 0.25) is 5.95 Å². The Bertz CT molecular complexity index is 702. The average molecular weight is 319 g/mol. The molecular weight excluding hydrogens is 304 g/mol. The highest BCUT2D eigenvalue weighted by Gasteiger charge is 2.23. The second kappa shape index (κ2) is 6.29. The van der Waals surface area contributed by atoms with Crippen molar-refractivity contribution in [3.05, 3.63) is 41.0 Å². The molecule has 2 heterocycles. The minimum Gasteiger partial charge on any atom is -0.378 e. The number of hydrogen-bond donors (Lipinski definition) is 1. The fourth-order valence-electron chi connectivity index (χ4n) is 2.35. The van der Waals surface area contributed by atoms with Gasteiger partial charge in [-0.2, -0.15) is 0 Å². The normalized spacial score (nSPS) is 14.9. The predicted octanol–water partition coefficient (Wildman–Crippen LogP) is 1.85. The van der Waals surface area contributed by atoms with Crippen molar-refractivity contribution < 1.29 is 9.53 Å². The van der Waals surface area contributed by atoms with Crippen LogP contribution in [0, 0.1) is 0 Å². The van der Waals surface area contributed by atoms with E-state index in [0.717, 1.165) is 0 Å². The van der Waals surface area contributed by atoms with Gasteiger partial charge >= 0.3 is 0 Å². The minimum atomic E-state index is -0.141. The first-order chi connectivity index (χ1) is 10.7. The molecule has 114 valence electrons. The lowest BCUT2D eigenvalue weighted by Gasteiger charge is -2.27. The summed E-state index contributed by atoms with van der Waals surface area (Å²) in [5.74, 6) is -0.0355. The summed E-state index contributed by atoms with van der Waals surface area (Å²) in [6.07, 6.45) is 1.46. The number of aromatic nitrogens is 2. The van der Waals surface area contributed by atoms with Gasteiger partial charge in [0.15, 0.2) is 0 Å². The molecule has 0 unspecified atom stereocenters. The number of halogens is 1. The van der Waals surface area contributed by atoms with Gasteiger partial charge in [-0.1, -0.05) is 29.8 Å². The zero-order valence-electron chi connectivity index (χ0n) is 11.8. The number of nitrogens with two attached hydrogens (primary N) is 1. The highest BCUT2D eigenvalue weighted by atomic mass is 35.5. The summed E-state index contributed by atoms with van der Waals surface area (Å²) in [5.41, 5.74) is 7.19. The summed E-state index contributed by atoms with van der Waals surface area (Å²) in [6, 6.07) is 7.21. The quantitative estimate of drug-likeness (QED) is 0.914. The Morgan fingerprint density at radius 1 is 1.27 bits per heavy atom. The molecule has 1 aliphatic heterocycles. The fourth-order valence-corrected chi connectivity index (χ4v) is 2.57. The van der Waals surface area contributed by atoms with E-state index in [0.29, 0.717) is 48.1 Å². The SMILES string of the molecule is Nc1ncc(C(=O)N2CCOCC2)c(-c2ccccc2Cl)n1. The lowest BCUT2D eigenvalue weighted by molar-refractivity contribution is 0.0303. The Balaban J connectivity index is 2.05. The molecular formula is C15H15ClN4O2. The summed E-state index contributed by atoms with van der Waals surface area (Å²) in [5, 5.41) is 0.511. The van der Waals surface area contributed by atoms with Crippen LogP contribution in [0.25, 0.3) is 11.3 Å². The van der Waals surface area contributed by atoms with Gasteiger partial charge in [-0.3, -0.25) is 4.79 Å². The van der Waals surface area contributed by atoms with Gasteiger partial charge in [-0.25, -0.2) is 9.97 Å². The van der Waals surface area contributed by atoms with Crippen LogP contribution < -0.4 is 5.73 Å². The van der Waals surface area contributed by atoms with Crippen molar-refractivity contribution in [3.8, 4) is 11.3 Å². The second-order valence-corrected chi connectivity index (χ2v) is 5.28. The highest BCUT2D eigenvalue weighted by molar-refractivity contribution is 6.33. The maximum Gasteiger partial charge on any atom is 0.257 e. The van der Waals surface area contributed by atoms with Crippen molar-refractivity contribution in [2.75, 3.05) is 32.0 Å². The number of nitrogens with zero attached hydrogens (tertiary/aromatic N) is 3. The van der Waals surface area contributed by atoms with Crippen molar-refractivity contribution in [3.63, 3.8) is 0 Å². The van der Waals surface area contributed by atoms with E-state index < -0.39 is 0 Å². The smallest absolute Gasteiger partial charge is 0.257 e. The standard InChI is InChI=1S/C15H15ClN4O2/c16-12-4-2-1-3-10(12)13-11(9-18-15(17)19-13)14(21)20-5-7-22-8-6-20/h1-4,9H,5-8H2,(H2,17,18,19). The molecule has 3 rings (SSSR count). The van der Waals surface area contributed by atoms with Crippen LogP contribution in [0.2, 0.25) is 5.02 Å². The predicted molar refractivity (Wildman–Crippen MR) is 83.6 cm³/mol. The van der Waals surface area contributed by atoms with E-state index in [2.05, 4.69) is 9.97 Å². The first-order valence-corrected chi connectivity index (χ1v) is 7.29. The van der Waals surface area contributed by atoms with Crippen molar-refractivity contribution >= 4 is 23.5 Å². The Hall–Kier alpha value is -2.18. The topological polar surface area (TPSA) is 81.3 Å². The molecule has 0 bridgehead atoms. The largest absolute Gasteiger partial charge is 0.378 e. The van der Waals surface area contributed by atoms with Gasteiger partial charge in [0.25, 0.3) is 5.91 Å². The van der Waals surface area contributed by atoms with Gasteiger partial charge < -0.3 is 15.4 Å². The molecule has 1 aromatic carbocycles. The van der Waals surface area contributed by atoms with E-state index in [-0.39, 0.29) is 11.9 Å². The maximum atomic E-state index is 12.7. The van der Waals surface area contributed by atoms with Crippen molar-refractivity contribution in [2.24, 2.45) is 0 Å². The molecule has 1 fully saturated rings. The number of ether oxygens (including phenoxy) is 1. The van der Waals surface area contributed by atoms with Crippen LogP contribution in [0.1, 0.15) is 10.4 Å². The fraction of sp³-hybridized carbons (Fsp3) is 0.267. The van der Waals surface area contributed by atoms with Crippen molar-refractivity contribution in [1.82, 2.24) is 14.9 Å². The van der Waals surface area contributed by atoms with E-state index in [1.807, 2.05) is 12.1 Å². The number of hydrogen-bond acceptors (Lipinski definition) is 5. The molecule has 6 nitrogen and oxygen atoms in total. The van der Waals surface area contributed by atoms with Gasteiger partial charge in [0, 0.05) is 29.9 Å². The first kappa shape index (κ1) is 14.7. The third kappa shape index (κ3) is 2.88.